The minimum atomic E-state index is -0.901. The maximum Gasteiger partial charge on any atom is 0.120 e. The molecule has 0 amide bonds. The Hall–Kier alpha value is -1.03. The standard InChI is InChI=1S/C8H9NO2S/c1-11-6-2-3-7-8(4-6)12(10)5-9-7/h2-4,9H,5H2,1H3. The summed E-state index contributed by atoms with van der Waals surface area (Å²) in [7, 11) is 0.703. The third-order valence-corrected chi connectivity index (χ3v) is 3.06. The van der Waals surface area contributed by atoms with Gasteiger partial charge in [-0.2, -0.15) is 0 Å². The Morgan fingerprint density at radius 3 is 3.17 bits per heavy atom. The van der Waals surface area contributed by atoms with Gasteiger partial charge in [-0.05, 0) is 18.2 Å². The van der Waals surface area contributed by atoms with Crippen molar-refractivity contribution in [1.82, 2.24) is 0 Å². The van der Waals surface area contributed by atoms with E-state index < -0.39 is 10.8 Å². The molecule has 0 saturated carbocycles. The summed E-state index contributed by atoms with van der Waals surface area (Å²) in [6.45, 7) is 0. The van der Waals surface area contributed by atoms with Crippen LogP contribution in [0.5, 0.6) is 5.75 Å². The molecule has 1 aliphatic rings. The fourth-order valence-corrected chi connectivity index (χ4v) is 2.26. The quantitative estimate of drug-likeness (QED) is 0.710. The van der Waals surface area contributed by atoms with Crippen LogP contribution < -0.4 is 10.1 Å². The summed E-state index contributed by atoms with van der Waals surface area (Å²) in [5, 5.41) is 3.05. The predicted molar refractivity (Wildman–Crippen MR) is 47.9 cm³/mol. The smallest absolute Gasteiger partial charge is 0.120 e. The zero-order valence-electron chi connectivity index (χ0n) is 6.66. The third-order valence-electron chi connectivity index (χ3n) is 1.83. The van der Waals surface area contributed by atoms with Gasteiger partial charge in [-0.15, -0.1) is 0 Å². The van der Waals surface area contributed by atoms with Crippen molar-refractivity contribution in [2.24, 2.45) is 0 Å². The summed E-state index contributed by atoms with van der Waals surface area (Å²) in [5.74, 6) is 1.27. The Balaban J connectivity index is 2.50. The Kier molecular flexibility index (Phi) is 1.77. The number of methoxy groups -OCH3 is 1. The topological polar surface area (TPSA) is 38.3 Å². The minimum Gasteiger partial charge on any atom is -0.497 e. The van der Waals surface area contributed by atoms with Crippen LogP contribution in [-0.2, 0) is 10.8 Å². The largest absolute Gasteiger partial charge is 0.497 e. The molecule has 64 valence electrons. The van der Waals surface area contributed by atoms with E-state index in [9.17, 15) is 4.21 Å². The van der Waals surface area contributed by atoms with Crippen LogP contribution in [0.2, 0.25) is 0 Å². The van der Waals surface area contributed by atoms with Gasteiger partial charge in [0.1, 0.15) is 5.75 Å². The van der Waals surface area contributed by atoms with Gasteiger partial charge in [0.2, 0.25) is 0 Å². The van der Waals surface area contributed by atoms with Gasteiger partial charge < -0.3 is 10.1 Å². The lowest BCUT2D eigenvalue weighted by Crippen LogP contribution is -1.94. The highest BCUT2D eigenvalue weighted by molar-refractivity contribution is 7.85. The second kappa shape index (κ2) is 2.79. The van der Waals surface area contributed by atoms with E-state index in [1.807, 2.05) is 18.2 Å². The van der Waals surface area contributed by atoms with E-state index >= 15 is 0 Å². The molecule has 2 rings (SSSR count). The number of hydrogen-bond acceptors (Lipinski definition) is 3. The van der Waals surface area contributed by atoms with Crippen LogP contribution in [-0.4, -0.2) is 17.2 Å². The molecule has 1 N–H and O–H groups in total. The van der Waals surface area contributed by atoms with Gasteiger partial charge in [0, 0.05) is 0 Å². The molecule has 1 heterocycles. The first-order valence-electron chi connectivity index (χ1n) is 3.61. The van der Waals surface area contributed by atoms with E-state index in [4.69, 9.17) is 4.74 Å². The molecule has 0 aromatic heterocycles. The van der Waals surface area contributed by atoms with Gasteiger partial charge in [0.05, 0.1) is 34.4 Å². The van der Waals surface area contributed by atoms with E-state index in [1.54, 1.807) is 7.11 Å². The van der Waals surface area contributed by atoms with Crippen molar-refractivity contribution in [3.8, 4) is 5.75 Å². The summed E-state index contributed by atoms with van der Waals surface area (Å²) in [6.07, 6.45) is 0. The highest BCUT2D eigenvalue weighted by Crippen LogP contribution is 2.29. The Morgan fingerprint density at radius 1 is 1.58 bits per heavy atom. The molecule has 1 atom stereocenters. The molecule has 0 aliphatic carbocycles. The average Bonchev–Trinajstić information content (AvgIpc) is 2.47. The van der Waals surface area contributed by atoms with Crippen molar-refractivity contribution in [1.29, 1.82) is 0 Å². The lowest BCUT2D eigenvalue weighted by molar-refractivity contribution is 0.414. The van der Waals surface area contributed by atoms with Gasteiger partial charge in [0.15, 0.2) is 0 Å². The molecule has 3 nitrogen and oxygen atoms in total. The van der Waals surface area contributed by atoms with Crippen LogP contribution in [0, 0.1) is 0 Å². The summed E-state index contributed by atoms with van der Waals surface area (Å²) < 4.78 is 16.4. The van der Waals surface area contributed by atoms with Crippen LogP contribution in [0.25, 0.3) is 0 Å². The SMILES string of the molecule is COc1ccc2c(c1)S(=O)CN2. The lowest BCUT2D eigenvalue weighted by Gasteiger charge is -2.01. The number of fused-ring (bicyclic) bond motifs is 1. The molecule has 0 saturated heterocycles. The molecule has 1 unspecified atom stereocenters. The molecule has 1 aromatic rings. The van der Waals surface area contributed by atoms with E-state index in [2.05, 4.69) is 5.32 Å². The van der Waals surface area contributed by atoms with Crippen LogP contribution in [0.3, 0.4) is 0 Å². The van der Waals surface area contributed by atoms with E-state index in [-0.39, 0.29) is 0 Å². The maximum atomic E-state index is 11.3. The number of rotatable bonds is 1. The van der Waals surface area contributed by atoms with E-state index in [0.29, 0.717) is 5.88 Å². The molecule has 4 heteroatoms. The summed E-state index contributed by atoms with van der Waals surface area (Å²) in [4.78, 5) is 0.842. The van der Waals surface area contributed by atoms with Crippen LogP contribution >= 0.6 is 0 Å². The fraction of sp³-hybridized carbons (Fsp3) is 0.250. The summed E-state index contributed by atoms with van der Waals surface area (Å²) >= 11 is 0. The average molecular weight is 183 g/mol. The predicted octanol–water partition coefficient (Wildman–Crippen LogP) is 1.19. The molecule has 0 fully saturated rings. The van der Waals surface area contributed by atoms with Gasteiger partial charge in [0.25, 0.3) is 0 Å². The second-order valence-corrected chi connectivity index (χ2v) is 3.95. The van der Waals surface area contributed by atoms with Crippen molar-refractivity contribution >= 4 is 16.5 Å². The van der Waals surface area contributed by atoms with E-state index in [1.165, 1.54) is 0 Å². The first kappa shape index (κ1) is 7.61. The fourth-order valence-electron chi connectivity index (χ4n) is 1.19. The minimum absolute atomic E-state index is 0.516. The number of ether oxygens (including phenoxy) is 1. The number of benzene rings is 1. The molecule has 1 aliphatic heterocycles. The second-order valence-electron chi connectivity index (χ2n) is 2.53. The Morgan fingerprint density at radius 2 is 2.42 bits per heavy atom. The summed E-state index contributed by atoms with van der Waals surface area (Å²) in [6, 6.07) is 5.55. The zero-order chi connectivity index (χ0) is 8.55. The highest BCUT2D eigenvalue weighted by atomic mass is 32.2. The first-order valence-corrected chi connectivity index (χ1v) is 4.93. The molecular weight excluding hydrogens is 174 g/mol. The molecule has 0 radical (unpaired) electrons. The zero-order valence-corrected chi connectivity index (χ0v) is 7.48. The van der Waals surface area contributed by atoms with Crippen molar-refractivity contribution in [3.63, 3.8) is 0 Å². The normalized spacial score (nSPS) is 19.9. The van der Waals surface area contributed by atoms with Crippen molar-refractivity contribution in [2.45, 2.75) is 4.90 Å². The third kappa shape index (κ3) is 1.08. The van der Waals surface area contributed by atoms with Gasteiger partial charge in [-0.3, -0.25) is 4.21 Å². The van der Waals surface area contributed by atoms with Gasteiger partial charge in [-0.1, -0.05) is 0 Å². The van der Waals surface area contributed by atoms with Crippen LogP contribution in [0.1, 0.15) is 0 Å². The van der Waals surface area contributed by atoms with Gasteiger partial charge >= 0.3 is 0 Å². The highest BCUT2D eigenvalue weighted by Gasteiger charge is 2.17. The lowest BCUT2D eigenvalue weighted by atomic mass is 10.3. The number of nitrogens with one attached hydrogen (secondary N) is 1. The molecular formula is C8H9NO2S. The van der Waals surface area contributed by atoms with Crippen molar-refractivity contribution in [2.75, 3.05) is 18.3 Å². The monoisotopic (exact) mass is 183 g/mol. The van der Waals surface area contributed by atoms with Crippen molar-refractivity contribution < 1.29 is 8.95 Å². The molecule has 0 spiro atoms. The van der Waals surface area contributed by atoms with Crippen LogP contribution in [0.15, 0.2) is 23.1 Å². The van der Waals surface area contributed by atoms with E-state index in [0.717, 1.165) is 16.3 Å². The molecule has 1 aromatic carbocycles. The first-order chi connectivity index (χ1) is 5.81. The van der Waals surface area contributed by atoms with Gasteiger partial charge in [-0.25, -0.2) is 0 Å². The molecule has 0 bridgehead atoms. The van der Waals surface area contributed by atoms with Crippen molar-refractivity contribution in [3.05, 3.63) is 18.2 Å². The maximum absolute atomic E-state index is 11.3. The Labute approximate surface area is 73.2 Å². The number of anilines is 1. The summed E-state index contributed by atoms with van der Waals surface area (Å²) in [5.41, 5.74) is 0.953. The molecule has 12 heavy (non-hydrogen) atoms. The van der Waals surface area contributed by atoms with Crippen LogP contribution in [0.4, 0.5) is 5.69 Å². The number of hydrogen-bond donors (Lipinski definition) is 1. The Bertz CT molecular complexity index is 338.